The molecular formula is C17H16FN3O2. The zero-order chi connectivity index (χ0) is 16.2. The SMILES string of the molecule is COc1ccc2nc(CCNC(=O)c3ccccc3F)[nH]c2c1. The number of aromatic amines is 1. The third kappa shape index (κ3) is 3.31. The molecule has 1 heterocycles. The Kier molecular flexibility index (Phi) is 4.23. The number of aromatic nitrogens is 2. The molecule has 0 atom stereocenters. The van der Waals surface area contributed by atoms with E-state index < -0.39 is 11.7 Å². The Hall–Kier alpha value is -2.89. The molecule has 0 saturated heterocycles. The van der Waals surface area contributed by atoms with Crippen LogP contribution in [0.15, 0.2) is 42.5 Å². The van der Waals surface area contributed by atoms with Gasteiger partial charge in [0.25, 0.3) is 5.91 Å². The van der Waals surface area contributed by atoms with Gasteiger partial charge >= 0.3 is 0 Å². The topological polar surface area (TPSA) is 67.0 Å². The molecule has 3 rings (SSSR count). The van der Waals surface area contributed by atoms with Gasteiger partial charge in [-0.3, -0.25) is 4.79 Å². The lowest BCUT2D eigenvalue weighted by molar-refractivity contribution is 0.0950. The molecule has 5 nitrogen and oxygen atoms in total. The van der Waals surface area contributed by atoms with E-state index in [9.17, 15) is 9.18 Å². The van der Waals surface area contributed by atoms with E-state index >= 15 is 0 Å². The minimum Gasteiger partial charge on any atom is -0.497 e. The molecule has 0 radical (unpaired) electrons. The molecule has 0 unspecified atom stereocenters. The molecule has 0 bridgehead atoms. The second-order valence-electron chi connectivity index (χ2n) is 5.05. The molecular weight excluding hydrogens is 297 g/mol. The number of benzene rings is 2. The first-order valence-corrected chi connectivity index (χ1v) is 7.23. The summed E-state index contributed by atoms with van der Waals surface area (Å²) in [5.74, 6) is 0.546. The summed E-state index contributed by atoms with van der Waals surface area (Å²) in [4.78, 5) is 19.5. The number of hydrogen-bond acceptors (Lipinski definition) is 3. The van der Waals surface area contributed by atoms with E-state index in [4.69, 9.17) is 4.74 Å². The Balaban J connectivity index is 1.62. The number of H-pyrrole nitrogens is 1. The maximum atomic E-state index is 13.5. The van der Waals surface area contributed by atoms with Gasteiger partial charge < -0.3 is 15.0 Å². The highest BCUT2D eigenvalue weighted by atomic mass is 19.1. The van der Waals surface area contributed by atoms with Crippen LogP contribution in [0.1, 0.15) is 16.2 Å². The summed E-state index contributed by atoms with van der Waals surface area (Å²) in [5, 5.41) is 2.69. The van der Waals surface area contributed by atoms with Gasteiger partial charge in [0.05, 0.1) is 23.7 Å². The van der Waals surface area contributed by atoms with Crippen LogP contribution in [0.5, 0.6) is 5.75 Å². The van der Waals surface area contributed by atoms with E-state index in [0.29, 0.717) is 13.0 Å². The number of nitrogens with one attached hydrogen (secondary N) is 2. The fourth-order valence-corrected chi connectivity index (χ4v) is 2.32. The number of rotatable bonds is 5. The first-order valence-electron chi connectivity index (χ1n) is 7.23. The molecule has 2 aromatic carbocycles. The minimum atomic E-state index is -0.527. The molecule has 0 aliphatic rings. The molecule has 0 fully saturated rings. The van der Waals surface area contributed by atoms with E-state index in [1.807, 2.05) is 18.2 Å². The van der Waals surface area contributed by atoms with Crippen LogP contribution in [-0.2, 0) is 6.42 Å². The first kappa shape index (κ1) is 15.0. The molecule has 1 amide bonds. The fourth-order valence-electron chi connectivity index (χ4n) is 2.32. The van der Waals surface area contributed by atoms with Crippen molar-refractivity contribution in [1.29, 1.82) is 0 Å². The van der Waals surface area contributed by atoms with Crippen molar-refractivity contribution in [2.45, 2.75) is 6.42 Å². The van der Waals surface area contributed by atoms with Crippen molar-refractivity contribution in [2.24, 2.45) is 0 Å². The predicted molar refractivity (Wildman–Crippen MR) is 85.1 cm³/mol. The Labute approximate surface area is 132 Å². The lowest BCUT2D eigenvalue weighted by atomic mass is 10.2. The predicted octanol–water partition coefficient (Wildman–Crippen LogP) is 2.68. The smallest absolute Gasteiger partial charge is 0.254 e. The third-order valence-corrected chi connectivity index (χ3v) is 3.50. The highest BCUT2D eigenvalue weighted by Crippen LogP contribution is 2.18. The van der Waals surface area contributed by atoms with Crippen molar-refractivity contribution in [2.75, 3.05) is 13.7 Å². The van der Waals surface area contributed by atoms with Crippen molar-refractivity contribution in [3.8, 4) is 5.75 Å². The van der Waals surface area contributed by atoms with Gasteiger partial charge in [0.15, 0.2) is 0 Å². The molecule has 0 spiro atoms. The number of carbonyl (C=O) groups excluding carboxylic acids is 1. The van der Waals surface area contributed by atoms with Crippen LogP contribution < -0.4 is 10.1 Å². The van der Waals surface area contributed by atoms with Gasteiger partial charge in [-0.25, -0.2) is 9.37 Å². The summed E-state index contributed by atoms with van der Waals surface area (Å²) in [7, 11) is 1.61. The monoisotopic (exact) mass is 313 g/mol. The number of halogens is 1. The van der Waals surface area contributed by atoms with Crippen LogP contribution in [0.4, 0.5) is 4.39 Å². The molecule has 0 aliphatic heterocycles. The number of hydrogen-bond donors (Lipinski definition) is 2. The highest BCUT2D eigenvalue weighted by molar-refractivity contribution is 5.94. The van der Waals surface area contributed by atoms with Crippen LogP contribution in [0.25, 0.3) is 11.0 Å². The molecule has 2 N–H and O–H groups in total. The molecule has 6 heteroatoms. The van der Waals surface area contributed by atoms with Crippen molar-refractivity contribution >= 4 is 16.9 Å². The summed E-state index contributed by atoms with van der Waals surface area (Å²) in [5.41, 5.74) is 1.75. The summed E-state index contributed by atoms with van der Waals surface area (Å²) >= 11 is 0. The van der Waals surface area contributed by atoms with Crippen LogP contribution >= 0.6 is 0 Å². The van der Waals surface area contributed by atoms with Crippen molar-refractivity contribution in [3.63, 3.8) is 0 Å². The van der Waals surface area contributed by atoms with Crippen LogP contribution in [0.2, 0.25) is 0 Å². The molecule has 1 aromatic heterocycles. The van der Waals surface area contributed by atoms with Gasteiger partial charge in [0, 0.05) is 19.0 Å². The van der Waals surface area contributed by atoms with Crippen LogP contribution in [-0.4, -0.2) is 29.5 Å². The highest BCUT2D eigenvalue weighted by Gasteiger charge is 2.10. The lowest BCUT2D eigenvalue weighted by Gasteiger charge is -2.04. The van der Waals surface area contributed by atoms with E-state index in [1.165, 1.54) is 12.1 Å². The Morgan fingerprint density at radius 2 is 2.13 bits per heavy atom. The quantitative estimate of drug-likeness (QED) is 0.761. The Bertz CT molecular complexity index is 845. The molecule has 3 aromatic rings. The van der Waals surface area contributed by atoms with Gasteiger partial charge in [0.2, 0.25) is 0 Å². The summed E-state index contributed by atoms with van der Waals surface area (Å²) < 4.78 is 18.7. The second-order valence-corrected chi connectivity index (χ2v) is 5.05. The standard InChI is InChI=1S/C17H16FN3O2/c1-23-11-6-7-14-15(10-11)21-16(20-14)8-9-19-17(22)12-4-2-3-5-13(12)18/h2-7,10H,8-9H2,1H3,(H,19,22)(H,20,21). The van der Waals surface area contributed by atoms with E-state index in [2.05, 4.69) is 15.3 Å². The van der Waals surface area contributed by atoms with E-state index in [0.717, 1.165) is 22.6 Å². The van der Waals surface area contributed by atoms with Gasteiger partial charge in [-0.2, -0.15) is 0 Å². The first-order chi connectivity index (χ1) is 11.2. The Morgan fingerprint density at radius 1 is 1.30 bits per heavy atom. The van der Waals surface area contributed by atoms with Crippen molar-refractivity contribution in [3.05, 3.63) is 59.7 Å². The van der Waals surface area contributed by atoms with Gasteiger partial charge in [-0.1, -0.05) is 12.1 Å². The minimum absolute atomic E-state index is 0.0434. The maximum Gasteiger partial charge on any atom is 0.254 e. The summed E-state index contributed by atoms with van der Waals surface area (Å²) in [6, 6.07) is 11.5. The van der Waals surface area contributed by atoms with Crippen molar-refractivity contribution in [1.82, 2.24) is 15.3 Å². The Morgan fingerprint density at radius 3 is 2.91 bits per heavy atom. The normalized spacial score (nSPS) is 10.7. The number of ether oxygens (including phenoxy) is 1. The molecule has 118 valence electrons. The third-order valence-electron chi connectivity index (χ3n) is 3.50. The zero-order valence-electron chi connectivity index (χ0n) is 12.6. The largest absolute Gasteiger partial charge is 0.497 e. The average molecular weight is 313 g/mol. The number of imidazole rings is 1. The number of carbonyl (C=O) groups is 1. The van der Waals surface area contributed by atoms with Crippen LogP contribution in [0.3, 0.4) is 0 Å². The molecule has 0 aliphatic carbocycles. The average Bonchev–Trinajstić information content (AvgIpc) is 2.96. The van der Waals surface area contributed by atoms with E-state index in [1.54, 1.807) is 19.2 Å². The molecule has 23 heavy (non-hydrogen) atoms. The van der Waals surface area contributed by atoms with E-state index in [-0.39, 0.29) is 5.56 Å². The number of amides is 1. The molecule has 0 saturated carbocycles. The van der Waals surface area contributed by atoms with Crippen molar-refractivity contribution < 1.29 is 13.9 Å². The number of fused-ring (bicyclic) bond motifs is 1. The second kappa shape index (κ2) is 6.48. The summed E-state index contributed by atoms with van der Waals surface area (Å²) in [6.07, 6.45) is 0.525. The van der Waals surface area contributed by atoms with Gasteiger partial charge in [-0.15, -0.1) is 0 Å². The van der Waals surface area contributed by atoms with Crippen LogP contribution in [0, 0.1) is 5.82 Å². The zero-order valence-corrected chi connectivity index (χ0v) is 12.6. The van der Waals surface area contributed by atoms with Gasteiger partial charge in [0.1, 0.15) is 17.4 Å². The fraction of sp³-hybridized carbons (Fsp3) is 0.176. The van der Waals surface area contributed by atoms with Gasteiger partial charge in [-0.05, 0) is 24.3 Å². The lowest BCUT2D eigenvalue weighted by Crippen LogP contribution is -2.26. The number of nitrogens with zero attached hydrogens (tertiary/aromatic N) is 1. The number of methoxy groups -OCH3 is 1. The summed E-state index contributed by atoms with van der Waals surface area (Å²) in [6.45, 7) is 0.365. The maximum absolute atomic E-state index is 13.5.